The van der Waals surface area contributed by atoms with Crippen LogP contribution >= 0.6 is 0 Å². The van der Waals surface area contributed by atoms with E-state index in [1.54, 1.807) is 0 Å². The Morgan fingerprint density at radius 3 is 2.06 bits per heavy atom. The van der Waals surface area contributed by atoms with Gasteiger partial charge in [-0.25, -0.2) is 0 Å². The summed E-state index contributed by atoms with van der Waals surface area (Å²) < 4.78 is 4.89. The van der Waals surface area contributed by atoms with E-state index in [9.17, 15) is 4.79 Å². The lowest BCUT2D eigenvalue weighted by Crippen LogP contribution is -1.99. The fourth-order valence-electron chi connectivity index (χ4n) is 1.87. The molecule has 0 fully saturated rings. The predicted molar refractivity (Wildman–Crippen MR) is 77.6 cm³/mol. The highest BCUT2D eigenvalue weighted by atomic mass is 16.5. The SMILES string of the molecule is CCC/C=C\CCCCCCCCCOC(C)=O. The lowest BCUT2D eigenvalue weighted by molar-refractivity contribution is -0.141. The van der Waals surface area contributed by atoms with Crippen molar-refractivity contribution in [2.75, 3.05) is 6.61 Å². The second-order valence-corrected chi connectivity index (χ2v) is 4.86. The molecule has 2 heteroatoms. The highest BCUT2D eigenvalue weighted by molar-refractivity contribution is 5.65. The normalized spacial score (nSPS) is 11.0. The Morgan fingerprint density at radius 1 is 0.889 bits per heavy atom. The Kier molecular flexibility index (Phi) is 13.6. The summed E-state index contributed by atoms with van der Waals surface area (Å²) in [5.74, 6) is -0.161. The smallest absolute Gasteiger partial charge is 0.302 e. The first kappa shape index (κ1) is 17.2. The van der Waals surface area contributed by atoms with Crippen LogP contribution in [0.5, 0.6) is 0 Å². The molecule has 18 heavy (non-hydrogen) atoms. The van der Waals surface area contributed by atoms with Crippen LogP contribution in [-0.2, 0) is 9.53 Å². The van der Waals surface area contributed by atoms with E-state index in [1.807, 2.05) is 0 Å². The maximum atomic E-state index is 10.5. The van der Waals surface area contributed by atoms with E-state index in [-0.39, 0.29) is 5.97 Å². The van der Waals surface area contributed by atoms with Crippen molar-refractivity contribution >= 4 is 5.97 Å². The minimum Gasteiger partial charge on any atom is -0.466 e. The predicted octanol–water partition coefficient (Wildman–Crippen LogP) is 5.03. The van der Waals surface area contributed by atoms with Gasteiger partial charge in [0.1, 0.15) is 0 Å². The van der Waals surface area contributed by atoms with Gasteiger partial charge in [-0.3, -0.25) is 4.79 Å². The van der Waals surface area contributed by atoms with Crippen molar-refractivity contribution < 1.29 is 9.53 Å². The molecule has 0 aromatic rings. The zero-order valence-electron chi connectivity index (χ0n) is 12.2. The van der Waals surface area contributed by atoms with Gasteiger partial charge in [0.2, 0.25) is 0 Å². The molecule has 0 bridgehead atoms. The summed E-state index contributed by atoms with van der Waals surface area (Å²) in [7, 11) is 0. The Bertz CT molecular complexity index is 209. The van der Waals surface area contributed by atoms with E-state index in [2.05, 4.69) is 19.1 Å². The number of esters is 1. The summed E-state index contributed by atoms with van der Waals surface area (Å²) in [6.45, 7) is 4.28. The van der Waals surface area contributed by atoms with Gasteiger partial charge in [-0.1, -0.05) is 57.6 Å². The Morgan fingerprint density at radius 2 is 1.44 bits per heavy atom. The standard InChI is InChI=1S/C16H30O2/c1-3-4-5-6-7-8-9-10-11-12-13-14-15-18-16(2)17/h5-6H,3-4,7-15H2,1-2H3/b6-5-. The summed E-state index contributed by atoms with van der Waals surface area (Å²) in [4.78, 5) is 10.5. The van der Waals surface area contributed by atoms with Gasteiger partial charge in [0.05, 0.1) is 6.61 Å². The molecule has 0 spiro atoms. The molecule has 0 aromatic heterocycles. The lowest BCUT2D eigenvalue weighted by atomic mass is 10.1. The van der Waals surface area contributed by atoms with Gasteiger partial charge in [0.15, 0.2) is 0 Å². The third kappa shape index (κ3) is 15.2. The number of hydrogen-bond donors (Lipinski definition) is 0. The second-order valence-electron chi connectivity index (χ2n) is 4.86. The van der Waals surface area contributed by atoms with Crippen LogP contribution in [0.25, 0.3) is 0 Å². The van der Waals surface area contributed by atoms with Crippen LogP contribution in [0.3, 0.4) is 0 Å². The molecule has 0 N–H and O–H groups in total. The van der Waals surface area contributed by atoms with Gasteiger partial charge in [0, 0.05) is 6.92 Å². The van der Waals surface area contributed by atoms with Gasteiger partial charge in [-0.15, -0.1) is 0 Å². The van der Waals surface area contributed by atoms with E-state index in [0.717, 1.165) is 6.42 Å². The van der Waals surface area contributed by atoms with Crippen LogP contribution < -0.4 is 0 Å². The van der Waals surface area contributed by atoms with Crippen LogP contribution in [0.2, 0.25) is 0 Å². The van der Waals surface area contributed by atoms with Gasteiger partial charge < -0.3 is 4.74 Å². The Balaban J connectivity index is 3.01. The number of hydrogen-bond acceptors (Lipinski definition) is 2. The molecule has 0 saturated carbocycles. The highest BCUT2D eigenvalue weighted by Gasteiger charge is 1.94. The van der Waals surface area contributed by atoms with Crippen LogP contribution in [0.15, 0.2) is 12.2 Å². The molecule has 0 aromatic carbocycles. The van der Waals surface area contributed by atoms with E-state index < -0.39 is 0 Å². The maximum absolute atomic E-state index is 10.5. The summed E-state index contributed by atoms with van der Waals surface area (Å²) in [6, 6.07) is 0. The van der Waals surface area contributed by atoms with E-state index in [1.165, 1.54) is 64.7 Å². The zero-order valence-corrected chi connectivity index (χ0v) is 12.2. The molecule has 0 amide bonds. The summed E-state index contributed by atoms with van der Waals surface area (Å²) in [6.07, 6.45) is 17.1. The third-order valence-electron chi connectivity index (χ3n) is 2.94. The zero-order chi connectivity index (χ0) is 13.5. The average molecular weight is 254 g/mol. The molecule has 0 heterocycles. The summed E-state index contributed by atoms with van der Waals surface area (Å²) in [5.41, 5.74) is 0. The molecule has 0 saturated heterocycles. The first-order chi connectivity index (χ1) is 8.77. The molecule has 0 unspecified atom stereocenters. The molecule has 0 aliphatic heterocycles. The number of ether oxygens (including phenoxy) is 1. The largest absolute Gasteiger partial charge is 0.466 e. The second kappa shape index (κ2) is 14.3. The number of carbonyl (C=O) groups excluding carboxylic acids is 1. The minimum atomic E-state index is -0.161. The molecule has 106 valence electrons. The fraction of sp³-hybridized carbons (Fsp3) is 0.812. The van der Waals surface area contributed by atoms with E-state index >= 15 is 0 Å². The number of allylic oxidation sites excluding steroid dienone is 2. The van der Waals surface area contributed by atoms with Gasteiger partial charge in [-0.05, 0) is 25.7 Å². The van der Waals surface area contributed by atoms with Crippen LogP contribution in [-0.4, -0.2) is 12.6 Å². The van der Waals surface area contributed by atoms with Gasteiger partial charge >= 0.3 is 5.97 Å². The monoisotopic (exact) mass is 254 g/mol. The molecule has 2 nitrogen and oxygen atoms in total. The van der Waals surface area contributed by atoms with Crippen LogP contribution in [0.4, 0.5) is 0 Å². The topological polar surface area (TPSA) is 26.3 Å². The van der Waals surface area contributed by atoms with E-state index in [4.69, 9.17) is 4.74 Å². The molecule has 0 rings (SSSR count). The van der Waals surface area contributed by atoms with Crippen LogP contribution in [0, 0.1) is 0 Å². The average Bonchev–Trinajstić information content (AvgIpc) is 2.34. The van der Waals surface area contributed by atoms with Crippen molar-refractivity contribution in [3.05, 3.63) is 12.2 Å². The van der Waals surface area contributed by atoms with Crippen molar-refractivity contribution in [1.29, 1.82) is 0 Å². The molecular weight excluding hydrogens is 224 g/mol. The van der Waals surface area contributed by atoms with Crippen molar-refractivity contribution in [3.63, 3.8) is 0 Å². The van der Waals surface area contributed by atoms with Crippen molar-refractivity contribution in [2.45, 2.75) is 78.1 Å². The molecule has 0 aliphatic rings. The maximum Gasteiger partial charge on any atom is 0.302 e. The quantitative estimate of drug-likeness (QED) is 0.277. The van der Waals surface area contributed by atoms with Crippen LogP contribution in [0.1, 0.15) is 78.1 Å². The molecule has 0 radical (unpaired) electrons. The first-order valence-electron chi connectivity index (χ1n) is 7.55. The molecule has 0 atom stereocenters. The highest BCUT2D eigenvalue weighted by Crippen LogP contribution is 2.09. The lowest BCUT2D eigenvalue weighted by Gasteiger charge is -2.02. The third-order valence-corrected chi connectivity index (χ3v) is 2.94. The number of unbranched alkanes of at least 4 members (excludes halogenated alkanes) is 8. The Labute approximate surface area is 113 Å². The number of carbonyl (C=O) groups is 1. The number of rotatable bonds is 12. The first-order valence-corrected chi connectivity index (χ1v) is 7.55. The Hall–Kier alpha value is -0.790. The van der Waals surface area contributed by atoms with Crippen molar-refractivity contribution in [2.24, 2.45) is 0 Å². The summed E-state index contributed by atoms with van der Waals surface area (Å²) in [5, 5.41) is 0. The van der Waals surface area contributed by atoms with E-state index in [0.29, 0.717) is 6.61 Å². The molecular formula is C16H30O2. The van der Waals surface area contributed by atoms with Crippen molar-refractivity contribution in [1.82, 2.24) is 0 Å². The minimum absolute atomic E-state index is 0.161. The van der Waals surface area contributed by atoms with Gasteiger partial charge in [0.25, 0.3) is 0 Å². The fourth-order valence-corrected chi connectivity index (χ4v) is 1.87. The van der Waals surface area contributed by atoms with Crippen molar-refractivity contribution in [3.8, 4) is 0 Å². The van der Waals surface area contributed by atoms with Gasteiger partial charge in [-0.2, -0.15) is 0 Å². The molecule has 0 aliphatic carbocycles. The summed E-state index contributed by atoms with van der Waals surface area (Å²) >= 11 is 0.